The van der Waals surface area contributed by atoms with E-state index < -0.39 is 11.8 Å². The second-order valence-corrected chi connectivity index (χ2v) is 13.1. The number of rotatable bonds is 9. The standard InChI is InChI=1S/C37H44FN7O3/c1-4-37(38,5-2)25-10-12-26(13-11-25)45-31(23-8-14-27-29(19-23)41-22-40-27)16-17-32(45)24-9-15-28-30(20-24)43-35(42-28)33-7-6-18-44(33)34(46)21-39-36(47)48-3/h8-15,19-20,22,31-33,35,42-43H,4-7,16-18,21H2,1-3H3,(H,39,47)(H,40,41)/t31-,32-,33+,35?/m1/s1. The van der Waals surface area contributed by atoms with Gasteiger partial charge < -0.3 is 35.5 Å². The molecule has 0 aliphatic carbocycles. The Labute approximate surface area is 280 Å². The summed E-state index contributed by atoms with van der Waals surface area (Å²) in [5.41, 5.74) is 6.82. The first-order valence-corrected chi connectivity index (χ1v) is 17.1. The Kier molecular flexibility index (Phi) is 8.61. The van der Waals surface area contributed by atoms with Crippen molar-refractivity contribution >= 4 is 40.1 Å². The van der Waals surface area contributed by atoms with E-state index in [0.29, 0.717) is 19.4 Å². The van der Waals surface area contributed by atoms with Crippen molar-refractivity contribution in [3.8, 4) is 0 Å². The quantitative estimate of drug-likeness (QED) is 0.152. The molecule has 2 amide bonds. The molecule has 3 aliphatic rings. The van der Waals surface area contributed by atoms with Gasteiger partial charge in [0.1, 0.15) is 18.4 Å². The summed E-state index contributed by atoms with van der Waals surface area (Å²) < 4.78 is 20.3. The fraction of sp³-hybridized carbons (Fsp3) is 0.432. The van der Waals surface area contributed by atoms with Crippen LogP contribution in [-0.2, 0) is 15.2 Å². The molecule has 10 nitrogen and oxygen atoms in total. The summed E-state index contributed by atoms with van der Waals surface area (Å²) in [6, 6.07) is 21.3. The number of imidazole rings is 1. The van der Waals surface area contributed by atoms with Crippen molar-refractivity contribution < 1.29 is 18.7 Å². The van der Waals surface area contributed by atoms with E-state index in [9.17, 15) is 9.59 Å². The van der Waals surface area contributed by atoms with Gasteiger partial charge in [0.05, 0.1) is 54.0 Å². The normalized spacial score (nSPS) is 22.0. The van der Waals surface area contributed by atoms with Gasteiger partial charge in [0.25, 0.3) is 0 Å². The van der Waals surface area contributed by atoms with Crippen molar-refractivity contribution in [2.75, 3.05) is 35.7 Å². The van der Waals surface area contributed by atoms with Crippen LogP contribution < -0.4 is 20.9 Å². The Morgan fingerprint density at radius 3 is 2.40 bits per heavy atom. The first kappa shape index (κ1) is 31.8. The molecule has 48 heavy (non-hydrogen) atoms. The highest BCUT2D eigenvalue weighted by molar-refractivity contribution is 5.83. The van der Waals surface area contributed by atoms with Crippen molar-refractivity contribution in [2.24, 2.45) is 0 Å². The predicted octanol–water partition coefficient (Wildman–Crippen LogP) is 7.14. The lowest BCUT2D eigenvalue weighted by atomic mass is 9.90. The molecule has 4 atom stereocenters. The minimum absolute atomic E-state index is 0.0514. The Hall–Kier alpha value is -4.80. The first-order chi connectivity index (χ1) is 23.3. The van der Waals surface area contributed by atoms with E-state index in [-0.39, 0.29) is 36.7 Å². The molecular weight excluding hydrogens is 609 g/mol. The van der Waals surface area contributed by atoms with Crippen LogP contribution in [0.2, 0.25) is 0 Å². The van der Waals surface area contributed by atoms with Crippen LogP contribution in [0.25, 0.3) is 11.0 Å². The Balaban J connectivity index is 1.15. The van der Waals surface area contributed by atoms with Gasteiger partial charge >= 0.3 is 6.09 Å². The van der Waals surface area contributed by atoms with E-state index in [1.165, 1.54) is 18.2 Å². The van der Waals surface area contributed by atoms with Crippen LogP contribution >= 0.6 is 0 Å². The topological polar surface area (TPSA) is 115 Å². The van der Waals surface area contributed by atoms with Crippen LogP contribution in [-0.4, -0.2) is 59.3 Å². The number of carbonyl (C=O) groups is 2. The maximum absolute atomic E-state index is 15.6. The van der Waals surface area contributed by atoms with Gasteiger partial charge in [-0.05, 0) is 91.6 Å². The first-order valence-electron chi connectivity index (χ1n) is 17.1. The lowest BCUT2D eigenvalue weighted by molar-refractivity contribution is -0.131. The zero-order chi connectivity index (χ0) is 33.4. The van der Waals surface area contributed by atoms with Crippen LogP contribution in [0, 0.1) is 0 Å². The summed E-state index contributed by atoms with van der Waals surface area (Å²) in [5, 5.41) is 9.78. The molecule has 4 aromatic rings. The van der Waals surface area contributed by atoms with Gasteiger partial charge in [0, 0.05) is 12.2 Å². The molecule has 4 heterocycles. The molecule has 252 valence electrons. The van der Waals surface area contributed by atoms with Crippen molar-refractivity contribution in [3.05, 3.63) is 83.7 Å². The number of methoxy groups -OCH3 is 1. The lowest BCUT2D eigenvalue weighted by Gasteiger charge is -2.34. The van der Waals surface area contributed by atoms with Gasteiger partial charge in [-0.3, -0.25) is 4.79 Å². The number of benzene rings is 3. The molecule has 2 saturated heterocycles. The van der Waals surface area contributed by atoms with Crippen LogP contribution in [0.3, 0.4) is 0 Å². The van der Waals surface area contributed by atoms with Gasteiger partial charge in [-0.15, -0.1) is 0 Å². The summed E-state index contributed by atoms with van der Waals surface area (Å²) in [4.78, 5) is 36.6. The van der Waals surface area contributed by atoms with E-state index >= 15 is 4.39 Å². The molecule has 1 unspecified atom stereocenters. The van der Waals surface area contributed by atoms with Crippen molar-refractivity contribution in [3.63, 3.8) is 0 Å². The summed E-state index contributed by atoms with van der Waals surface area (Å²) in [6.07, 6.45) is 5.53. The van der Waals surface area contributed by atoms with Gasteiger partial charge in [0.2, 0.25) is 5.91 Å². The number of hydrogen-bond acceptors (Lipinski definition) is 7. The van der Waals surface area contributed by atoms with E-state index in [4.69, 9.17) is 0 Å². The Morgan fingerprint density at radius 1 is 0.958 bits per heavy atom. The number of nitrogens with zero attached hydrogens (tertiary/aromatic N) is 3. The number of aromatic amines is 1. The monoisotopic (exact) mass is 653 g/mol. The maximum Gasteiger partial charge on any atom is 0.407 e. The van der Waals surface area contributed by atoms with Crippen LogP contribution in [0.4, 0.5) is 26.2 Å². The summed E-state index contributed by atoms with van der Waals surface area (Å²) in [7, 11) is 1.28. The minimum atomic E-state index is -1.33. The Bertz CT molecular complexity index is 1790. The second kappa shape index (κ2) is 13.0. The van der Waals surface area contributed by atoms with E-state index in [1.807, 2.05) is 30.9 Å². The van der Waals surface area contributed by atoms with E-state index in [2.05, 4.69) is 84.1 Å². The number of amides is 2. The molecular formula is C37H44FN7O3. The summed E-state index contributed by atoms with van der Waals surface area (Å²) >= 11 is 0. The molecule has 0 bridgehead atoms. The largest absolute Gasteiger partial charge is 0.453 e. The van der Waals surface area contributed by atoms with Gasteiger partial charge in [-0.25, -0.2) is 14.2 Å². The molecule has 7 rings (SSSR count). The number of aromatic nitrogens is 2. The average Bonchev–Trinajstić information content (AvgIpc) is 3.94. The third-order valence-corrected chi connectivity index (χ3v) is 10.6. The maximum atomic E-state index is 15.6. The third kappa shape index (κ3) is 5.79. The number of likely N-dealkylation sites (tertiary alicyclic amines) is 1. The number of carbonyl (C=O) groups excluding carboxylic acids is 2. The molecule has 3 aliphatic heterocycles. The number of fused-ring (bicyclic) bond motifs is 2. The highest BCUT2D eigenvalue weighted by Gasteiger charge is 2.40. The van der Waals surface area contributed by atoms with Gasteiger partial charge in [-0.2, -0.15) is 0 Å². The fourth-order valence-corrected chi connectivity index (χ4v) is 7.92. The average molecular weight is 654 g/mol. The number of ether oxygens (including phenoxy) is 1. The van der Waals surface area contributed by atoms with Crippen LogP contribution in [0.5, 0.6) is 0 Å². The number of H-pyrrole nitrogens is 1. The number of halogens is 1. The van der Waals surface area contributed by atoms with Crippen molar-refractivity contribution in [1.29, 1.82) is 0 Å². The molecule has 0 radical (unpaired) electrons. The fourth-order valence-electron chi connectivity index (χ4n) is 7.92. The van der Waals surface area contributed by atoms with E-state index in [0.717, 1.165) is 59.3 Å². The third-order valence-electron chi connectivity index (χ3n) is 10.6. The van der Waals surface area contributed by atoms with Crippen molar-refractivity contribution in [1.82, 2.24) is 20.2 Å². The number of alkyl halides is 1. The molecule has 1 aromatic heterocycles. The number of nitrogens with one attached hydrogen (secondary N) is 4. The summed E-state index contributed by atoms with van der Waals surface area (Å²) in [6.45, 7) is 4.36. The number of alkyl carbamates (subject to hydrolysis) is 1. The predicted molar refractivity (Wildman–Crippen MR) is 186 cm³/mol. The smallest absolute Gasteiger partial charge is 0.407 e. The zero-order valence-electron chi connectivity index (χ0n) is 27.8. The molecule has 0 saturated carbocycles. The molecule has 0 spiro atoms. The molecule has 4 N–H and O–H groups in total. The number of hydrogen-bond donors (Lipinski definition) is 4. The molecule has 2 fully saturated rings. The van der Waals surface area contributed by atoms with Crippen LogP contribution in [0.15, 0.2) is 67.0 Å². The Morgan fingerprint density at radius 2 is 1.67 bits per heavy atom. The number of anilines is 3. The second-order valence-electron chi connectivity index (χ2n) is 13.1. The highest BCUT2D eigenvalue weighted by Crippen LogP contribution is 2.49. The van der Waals surface area contributed by atoms with Gasteiger partial charge in [-0.1, -0.05) is 38.1 Å². The molecule has 11 heteroatoms. The van der Waals surface area contributed by atoms with Crippen LogP contribution in [0.1, 0.15) is 81.1 Å². The summed E-state index contributed by atoms with van der Waals surface area (Å²) in [5.74, 6) is -0.127. The van der Waals surface area contributed by atoms with E-state index in [1.54, 1.807) is 6.33 Å². The lowest BCUT2D eigenvalue weighted by Crippen LogP contribution is -2.50. The highest BCUT2D eigenvalue weighted by atomic mass is 19.1. The zero-order valence-corrected chi connectivity index (χ0v) is 27.8. The molecule has 3 aromatic carbocycles. The SMILES string of the molecule is CCC(F)(CC)c1ccc(N2[C@@H](c3ccc4c(c3)NC([C@@H]3CCCN3C(=O)CNC(=O)OC)N4)CC[C@@H]2c2ccc3[nH]cnc3c2)cc1. The van der Waals surface area contributed by atoms with Gasteiger partial charge in [0.15, 0.2) is 0 Å². The van der Waals surface area contributed by atoms with Crippen molar-refractivity contribution in [2.45, 2.75) is 82.3 Å². The minimum Gasteiger partial charge on any atom is -0.453 e.